The second-order valence-electron chi connectivity index (χ2n) is 6.15. The van der Waals surface area contributed by atoms with E-state index in [0.29, 0.717) is 10.7 Å². The fraction of sp³-hybridized carbons (Fsp3) is 0.500. The Morgan fingerprint density at radius 3 is 2.23 bits per heavy atom. The molecule has 0 saturated heterocycles. The number of amides is 2. The van der Waals surface area contributed by atoms with Gasteiger partial charge in [-0.1, -0.05) is 18.5 Å². The molecule has 0 radical (unpaired) electrons. The smallest absolute Gasteiger partial charge is 0.279 e. The first kappa shape index (κ1) is 18.5. The van der Waals surface area contributed by atoms with Crippen molar-refractivity contribution in [3.8, 4) is 0 Å². The molecule has 2 amide bonds. The minimum atomic E-state index is -0.219. The monoisotopic (exact) mass is 326 g/mol. The normalized spacial score (nSPS) is 12.6. The summed E-state index contributed by atoms with van der Waals surface area (Å²) < 4.78 is 0. The molecule has 3 N–H and O–H groups in total. The van der Waals surface area contributed by atoms with Gasteiger partial charge in [0.15, 0.2) is 13.1 Å². The summed E-state index contributed by atoms with van der Waals surface area (Å²) in [6, 6.07) is 6.92. The number of halogens is 1. The van der Waals surface area contributed by atoms with Crippen molar-refractivity contribution in [1.29, 1.82) is 0 Å². The topological polar surface area (TPSA) is 62.6 Å². The van der Waals surface area contributed by atoms with Crippen LogP contribution < -0.4 is 15.5 Å². The van der Waals surface area contributed by atoms with Gasteiger partial charge in [0.25, 0.3) is 11.8 Å². The average Bonchev–Trinajstić information content (AvgIpc) is 2.40. The van der Waals surface area contributed by atoms with E-state index in [9.17, 15) is 9.59 Å². The maximum Gasteiger partial charge on any atom is 0.279 e. The van der Waals surface area contributed by atoms with Crippen LogP contribution in [0.1, 0.15) is 27.2 Å². The summed E-state index contributed by atoms with van der Waals surface area (Å²) in [6.45, 7) is 6.47. The summed E-state index contributed by atoms with van der Waals surface area (Å²) in [4.78, 5) is 24.7. The first-order valence-corrected chi connectivity index (χ1v) is 7.77. The molecule has 1 atom stereocenters. The van der Waals surface area contributed by atoms with E-state index in [1.54, 1.807) is 24.3 Å². The number of hydrogen-bond acceptors (Lipinski definition) is 2. The highest BCUT2D eigenvalue weighted by atomic mass is 35.5. The molecule has 0 aromatic heterocycles. The van der Waals surface area contributed by atoms with Gasteiger partial charge in [0, 0.05) is 16.2 Å². The van der Waals surface area contributed by atoms with E-state index in [2.05, 4.69) is 10.6 Å². The molecular formula is C16H25ClN3O2+. The third kappa shape index (κ3) is 6.91. The minimum Gasteiger partial charge on any atom is -0.346 e. The van der Waals surface area contributed by atoms with Gasteiger partial charge in [-0.15, -0.1) is 0 Å². The van der Waals surface area contributed by atoms with E-state index in [0.717, 1.165) is 11.3 Å². The van der Waals surface area contributed by atoms with Crippen LogP contribution in [0.5, 0.6) is 0 Å². The summed E-state index contributed by atoms with van der Waals surface area (Å²) in [5.41, 5.74) is 0.474. The molecule has 1 unspecified atom stereocenters. The lowest BCUT2D eigenvalue weighted by atomic mass is 10.0. The molecule has 0 aliphatic rings. The van der Waals surface area contributed by atoms with Crippen molar-refractivity contribution in [3.63, 3.8) is 0 Å². The Morgan fingerprint density at radius 2 is 1.68 bits per heavy atom. The van der Waals surface area contributed by atoms with Crippen LogP contribution >= 0.6 is 11.6 Å². The van der Waals surface area contributed by atoms with Gasteiger partial charge in [0.2, 0.25) is 0 Å². The predicted molar refractivity (Wildman–Crippen MR) is 89.2 cm³/mol. The van der Waals surface area contributed by atoms with Crippen LogP contribution in [0, 0.1) is 0 Å². The number of anilines is 1. The second-order valence-corrected chi connectivity index (χ2v) is 6.59. The molecular weight excluding hydrogens is 302 g/mol. The van der Waals surface area contributed by atoms with Crippen LogP contribution in [0.3, 0.4) is 0 Å². The lowest BCUT2D eigenvalue weighted by Gasteiger charge is -2.25. The van der Waals surface area contributed by atoms with Crippen LogP contribution in [-0.2, 0) is 9.59 Å². The molecule has 0 aliphatic heterocycles. The lowest BCUT2D eigenvalue weighted by Crippen LogP contribution is -3.11. The summed E-state index contributed by atoms with van der Waals surface area (Å²) in [5, 5.41) is 6.36. The maximum absolute atomic E-state index is 11.9. The number of carbonyl (C=O) groups is 2. The molecule has 0 bridgehead atoms. The van der Waals surface area contributed by atoms with E-state index in [1.807, 2.05) is 27.8 Å². The average molecular weight is 327 g/mol. The Labute approximate surface area is 137 Å². The Kier molecular flexibility index (Phi) is 6.84. The highest BCUT2D eigenvalue weighted by molar-refractivity contribution is 6.30. The quantitative estimate of drug-likeness (QED) is 0.702. The first-order valence-electron chi connectivity index (χ1n) is 7.39. The Bertz CT molecular complexity index is 515. The van der Waals surface area contributed by atoms with E-state index in [1.165, 1.54) is 0 Å². The third-order valence-electron chi connectivity index (χ3n) is 3.41. The highest BCUT2D eigenvalue weighted by Crippen LogP contribution is 2.12. The molecule has 0 spiro atoms. The van der Waals surface area contributed by atoms with Crippen molar-refractivity contribution < 1.29 is 14.5 Å². The van der Waals surface area contributed by atoms with Gasteiger partial charge in [0.05, 0.1) is 7.05 Å². The molecule has 0 aliphatic carbocycles. The maximum atomic E-state index is 11.9. The zero-order chi connectivity index (χ0) is 16.8. The van der Waals surface area contributed by atoms with Crippen LogP contribution in [0.4, 0.5) is 5.69 Å². The van der Waals surface area contributed by atoms with Gasteiger partial charge in [-0.25, -0.2) is 0 Å². The number of carbonyl (C=O) groups excluding carboxylic acids is 2. The molecule has 22 heavy (non-hydrogen) atoms. The Balaban J connectivity index is 2.41. The lowest BCUT2D eigenvalue weighted by molar-refractivity contribution is -0.862. The molecule has 0 fully saturated rings. The van der Waals surface area contributed by atoms with Crippen molar-refractivity contribution in [2.45, 2.75) is 32.7 Å². The molecule has 0 saturated carbocycles. The molecule has 0 heterocycles. The number of benzene rings is 1. The molecule has 1 aromatic carbocycles. The fourth-order valence-corrected chi connectivity index (χ4v) is 1.99. The zero-order valence-electron chi connectivity index (χ0n) is 13.6. The molecule has 1 aromatic rings. The van der Waals surface area contributed by atoms with E-state index in [-0.39, 0.29) is 30.4 Å². The largest absolute Gasteiger partial charge is 0.346 e. The van der Waals surface area contributed by atoms with E-state index >= 15 is 0 Å². The number of hydrogen-bond donors (Lipinski definition) is 3. The van der Waals surface area contributed by atoms with Crippen LogP contribution in [0.15, 0.2) is 24.3 Å². The van der Waals surface area contributed by atoms with Crippen LogP contribution in [-0.4, -0.2) is 37.5 Å². The number of quaternary nitrogens is 1. The van der Waals surface area contributed by atoms with Crippen LogP contribution in [0.2, 0.25) is 5.02 Å². The number of rotatable bonds is 7. The van der Waals surface area contributed by atoms with Gasteiger partial charge in [-0.3, -0.25) is 9.59 Å². The van der Waals surface area contributed by atoms with Gasteiger partial charge in [-0.05, 0) is 44.5 Å². The minimum absolute atomic E-state index is 0.0522. The summed E-state index contributed by atoms with van der Waals surface area (Å²) >= 11 is 5.79. The Morgan fingerprint density at radius 1 is 1.14 bits per heavy atom. The van der Waals surface area contributed by atoms with Gasteiger partial charge >= 0.3 is 0 Å². The van der Waals surface area contributed by atoms with E-state index in [4.69, 9.17) is 11.6 Å². The van der Waals surface area contributed by atoms with Crippen LogP contribution in [0.25, 0.3) is 0 Å². The van der Waals surface area contributed by atoms with Gasteiger partial charge in [0.1, 0.15) is 0 Å². The van der Waals surface area contributed by atoms with Crippen molar-refractivity contribution in [2.24, 2.45) is 0 Å². The Hall–Kier alpha value is -1.59. The summed E-state index contributed by atoms with van der Waals surface area (Å²) in [5.74, 6) is -0.189. The van der Waals surface area contributed by atoms with Crippen molar-refractivity contribution in [3.05, 3.63) is 29.3 Å². The number of likely N-dealkylation sites (N-methyl/N-ethyl adjacent to an activating group) is 1. The van der Waals surface area contributed by atoms with Crippen molar-refractivity contribution in [1.82, 2.24) is 5.32 Å². The predicted octanol–water partition coefficient (Wildman–Crippen LogP) is 1.10. The van der Waals surface area contributed by atoms with Gasteiger partial charge in [-0.2, -0.15) is 0 Å². The van der Waals surface area contributed by atoms with E-state index < -0.39 is 0 Å². The van der Waals surface area contributed by atoms with Gasteiger partial charge < -0.3 is 15.5 Å². The molecule has 5 nitrogen and oxygen atoms in total. The first-order chi connectivity index (χ1) is 10.2. The summed E-state index contributed by atoms with van der Waals surface area (Å²) in [6.07, 6.45) is 0.856. The SMILES string of the molecule is CCC(C)(C)NC(=O)C[NH+](C)CC(=O)Nc1ccc(Cl)cc1. The third-order valence-corrected chi connectivity index (χ3v) is 3.67. The fourth-order valence-electron chi connectivity index (χ4n) is 1.86. The van der Waals surface area contributed by atoms with Crippen molar-refractivity contribution >= 4 is 29.1 Å². The molecule has 6 heteroatoms. The molecule has 122 valence electrons. The number of nitrogens with one attached hydrogen (secondary N) is 3. The summed E-state index contributed by atoms with van der Waals surface area (Å²) in [7, 11) is 1.82. The molecule has 1 rings (SSSR count). The highest BCUT2D eigenvalue weighted by Gasteiger charge is 2.21. The standard InChI is InChI=1S/C16H24ClN3O2/c1-5-16(2,3)19-15(22)11-20(4)10-14(21)18-13-8-6-12(17)7-9-13/h6-9H,5,10-11H2,1-4H3,(H,18,21)(H,19,22)/p+1. The second kappa shape index (κ2) is 8.15. The zero-order valence-corrected chi connectivity index (χ0v) is 14.4. The van der Waals surface area contributed by atoms with Crippen molar-refractivity contribution in [2.75, 3.05) is 25.5 Å².